The molecule has 0 aliphatic heterocycles. The molecule has 0 bridgehead atoms. The van der Waals surface area contributed by atoms with Gasteiger partial charge in [0, 0.05) is 5.25 Å². The fourth-order valence-electron chi connectivity index (χ4n) is 0.779. The molecule has 0 aromatic rings. The van der Waals surface area contributed by atoms with E-state index in [0.717, 1.165) is 5.25 Å². The maximum absolute atomic E-state index is 2.28. The van der Waals surface area contributed by atoms with Crippen LogP contribution in [0, 0.1) is 0 Å². The first-order valence-corrected chi connectivity index (χ1v) is 6.18. The van der Waals surface area contributed by atoms with Crippen molar-refractivity contribution in [3.8, 4) is 0 Å². The summed E-state index contributed by atoms with van der Waals surface area (Å²) in [6.07, 6.45) is 8.45. The Morgan fingerprint density at radius 3 is 2.70 bits per heavy atom. The van der Waals surface area contributed by atoms with Crippen LogP contribution >= 0.6 is 34.4 Å². The zero-order chi connectivity index (χ0) is 7.82. The van der Waals surface area contributed by atoms with Crippen molar-refractivity contribution < 1.29 is 0 Å². The van der Waals surface area contributed by atoms with E-state index in [-0.39, 0.29) is 0 Å². The summed E-state index contributed by atoms with van der Waals surface area (Å²) in [5, 5.41) is 0.747. The Morgan fingerprint density at radius 2 is 2.30 bits per heavy atom. The fourth-order valence-corrected chi connectivity index (χ4v) is 2.20. The SMILES string of the molecule is CCCCC(/C=C\I)SC. The molecule has 1 atom stereocenters. The van der Waals surface area contributed by atoms with Gasteiger partial charge in [-0.15, -0.1) is 0 Å². The molecule has 0 heterocycles. The van der Waals surface area contributed by atoms with E-state index in [1.807, 2.05) is 11.8 Å². The minimum absolute atomic E-state index is 0.747. The van der Waals surface area contributed by atoms with E-state index in [2.05, 4.69) is 45.9 Å². The minimum atomic E-state index is 0.747. The van der Waals surface area contributed by atoms with Gasteiger partial charge in [-0.2, -0.15) is 11.8 Å². The summed E-state index contributed by atoms with van der Waals surface area (Å²) >= 11 is 4.23. The Balaban J connectivity index is 3.39. The molecule has 0 spiro atoms. The normalized spacial score (nSPS) is 14.3. The molecule has 0 saturated carbocycles. The first-order valence-electron chi connectivity index (χ1n) is 3.64. The molecule has 0 fully saturated rings. The third-order valence-corrected chi connectivity index (χ3v) is 2.85. The van der Waals surface area contributed by atoms with Gasteiger partial charge in [-0.1, -0.05) is 48.4 Å². The number of rotatable bonds is 5. The largest absolute Gasteiger partial charge is 0.158 e. The predicted molar refractivity (Wildman–Crippen MR) is 60.0 cm³/mol. The highest BCUT2D eigenvalue weighted by molar-refractivity contribution is 14.1. The first kappa shape index (κ1) is 10.8. The van der Waals surface area contributed by atoms with Gasteiger partial charge in [0.15, 0.2) is 0 Å². The molecule has 1 unspecified atom stereocenters. The zero-order valence-electron chi connectivity index (χ0n) is 6.64. The number of hydrogen-bond donors (Lipinski definition) is 0. The summed E-state index contributed by atoms with van der Waals surface area (Å²) in [6, 6.07) is 0. The Kier molecular flexibility index (Phi) is 8.57. The number of thioether (sulfide) groups is 1. The van der Waals surface area contributed by atoms with Gasteiger partial charge in [0.2, 0.25) is 0 Å². The van der Waals surface area contributed by atoms with E-state index in [1.54, 1.807) is 0 Å². The summed E-state index contributed by atoms with van der Waals surface area (Å²) in [7, 11) is 0. The van der Waals surface area contributed by atoms with Crippen LogP contribution in [0.15, 0.2) is 10.2 Å². The van der Waals surface area contributed by atoms with E-state index in [0.29, 0.717) is 0 Å². The second kappa shape index (κ2) is 7.92. The van der Waals surface area contributed by atoms with Crippen LogP contribution in [0.1, 0.15) is 26.2 Å². The van der Waals surface area contributed by atoms with Gasteiger partial charge in [-0.25, -0.2) is 0 Å². The second-order valence-electron chi connectivity index (χ2n) is 2.23. The van der Waals surface area contributed by atoms with Crippen molar-refractivity contribution in [1.29, 1.82) is 0 Å². The molecule has 60 valence electrons. The predicted octanol–water partition coefficient (Wildman–Crippen LogP) is 3.86. The van der Waals surface area contributed by atoms with Crippen molar-refractivity contribution in [2.45, 2.75) is 31.4 Å². The van der Waals surface area contributed by atoms with Crippen LogP contribution in [0.5, 0.6) is 0 Å². The average Bonchev–Trinajstić information content (AvgIpc) is 1.98. The van der Waals surface area contributed by atoms with Gasteiger partial charge in [0.05, 0.1) is 0 Å². The van der Waals surface area contributed by atoms with Gasteiger partial charge in [0.1, 0.15) is 0 Å². The molecular formula is C8H15IS. The summed E-state index contributed by atoms with van der Waals surface area (Å²) in [4.78, 5) is 0. The van der Waals surface area contributed by atoms with Crippen molar-refractivity contribution in [3.05, 3.63) is 10.2 Å². The van der Waals surface area contributed by atoms with Crippen LogP contribution in [0.4, 0.5) is 0 Å². The maximum Gasteiger partial charge on any atom is 0.0231 e. The molecule has 0 nitrogen and oxygen atoms in total. The minimum Gasteiger partial charge on any atom is -0.158 e. The van der Waals surface area contributed by atoms with Crippen molar-refractivity contribution in [2.24, 2.45) is 0 Å². The summed E-state index contributed by atoms with van der Waals surface area (Å²) in [5.74, 6) is 0. The standard InChI is InChI=1S/C8H15IS/c1-3-4-5-8(10-2)6-7-9/h6-8H,3-5H2,1-2H3/b7-6-. The maximum atomic E-state index is 2.28. The van der Waals surface area contributed by atoms with Crippen molar-refractivity contribution >= 4 is 34.4 Å². The Labute approximate surface area is 82.0 Å². The number of unbranched alkanes of at least 4 members (excludes halogenated alkanes) is 1. The fraction of sp³-hybridized carbons (Fsp3) is 0.750. The highest BCUT2D eigenvalue weighted by Gasteiger charge is 1.99. The molecule has 0 rings (SSSR count). The van der Waals surface area contributed by atoms with Crippen molar-refractivity contribution in [3.63, 3.8) is 0 Å². The van der Waals surface area contributed by atoms with E-state index in [4.69, 9.17) is 0 Å². The van der Waals surface area contributed by atoms with E-state index in [9.17, 15) is 0 Å². The third kappa shape index (κ3) is 5.59. The van der Waals surface area contributed by atoms with E-state index >= 15 is 0 Å². The Bertz CT molecular complexity index is 91.3. The molecule has 0 amide bonds. The molecule has 0 aliphatic rings. The van der Waals surface area contributed by atoms with Crippen LogP contribution in [-0.4, -0.2) is 11.5 Å². The lowest BCUT2D eigenvalue weighted by Gasteiger charge is -2.06. The van der Waals surface area contributed by atoms with Gasteiger partial charge < -0.3 is 0 Å². The molecule has 0 aromatic heterocycles. The molecule has 0 aromatic carbocycles. The van der Waals surface area contributed by atoms with E-state index in [1.165, 1.54) is 19.3 Å². The van der Waals surface area contributed by atoms with Crippen LogP contribution in [0.25, 0.3) is 0 Å². The highest BCUT2D eigenvalue weighted by atomic mass is 127. The van der Waals surface area contributed by atoms with Gasteiger partial charge >= 0.3 is 0 Å². The Morgan fingerprint density at radius 1 is 1.60 bits per heavy atom. The molecule has 10 heavy (non-hydrogen) atoms. The van der Waals surface area contributed by atoms with Gasteiger partial charge in [0.25, 0.3) is 0 Å². The lowest BCUT2D eigenvalue weighted by Crippen LogP contribution is -1.95. The summed E-state index contributed by atoms with van der Waals surface area (Å²) < 4.78 is 2.12. The quantitative estimate of drug-likeness (QED) is 0.684. The van der Waals surface area contributed by atoms with Crippen LogP contribution < -0.4 is 0 Å². The van der Waals surface area contributed by atoms with Crippen LogP contribution in [0.2, 0.25) is 0 Å². The van der Waals surface area contributed by atoms with Crippen LogP contribution in [-0.2, 0) is 0 Å². The third-order valence-electron chi connectivity index (χ3n) is 1.43. The van der Waals surface area contributed by atoms with Gasteiger partial charge in [-0.3, -0.25) is 0 Å². The van der Waals surface area contributed by atoms with Gasteiger partial charge in [-0.05, 0) is 16.8 Å². The molecular weight excluding hydrogens is 255 g/mol. The monoisotopic (exact) mass is 270 g/mol. The lowest BCUT2D eigenvalue weighted by molar-refractivity contribution is 0.739. The summed E-state index contributed by atoms with van der Waals surface area (Å²) in [5.41, 5.74) is 0. The van der Waals surface area contributed by atoms with Crippen molar-refractivity contribution in [2.75, 3.05) is 6.26 Å². The number of hydrogen-bond acceptors (Lipinski definition) is 1. The first-order chi connectivity index (χ1) is 4.85. The molecule has 0 N–H and O–H groups in total. The summed E-state index contributed by atoms with van der Waals surface area (Å²) in [6.45, 7) is 2.24. The molecule has 0 aliphatic carbocycles. The molecule has 0 saturated heterocycles. The average molecular weight is 270 g/mol. The van der Waals surface area contributed by atoms with Crippen LogP contribution in [0.3, 0.4) is 0 Å². The highest BCUT2D eigenvalue weighted by Crippen LogP contribution is 2.16. The lowest BCUT2D eigenvalue weighted by atomic mass is 10.2. The zero-order valence-corrected chi connectivity index (χ0v) is 9.61. The molecule has 2 heteroatoms. The Hall–Kier alpha value is 0.820. The smallest absolute Gasteiger partial charge is 0.0231 e. The second-order valence-corrected chi connectivity index (χ2v) is 4.03. The topological polar surface area (TPSA) is 0 Å². The van der Waals surface area contributed by atoms with E-state index < -0.39 is 0 Å². The van der Waals surface area contributed by atoms with Crippen molar-refractivity contribution in [1.82, 2.24) is 0 Å². The molecule has 0 radical (unpaired) electrons. The number of halogens is 1.